The first-order valence-electron chi connectivity index (χ1n) is 6.60. The highest BCUT2D eigenvalue weighted by atomic mass is 35.5. The SMILES string of the molecule is C#CCN(C1CCS(=O)(=O)C1)S(=O)(=O)c1cccc(Cl)c1C. The molecular formula is C14H16ClNO4S2. The van der Waals surface area contributed by atoms with Crippen molar-refractivity contribution in [1.82, 2.24) is 4.31 Å². The van der Waals surface area contributed by atoms with Gasteiger partial charge in [0.1, 0.15) is 0 Å². The van der Waals surface area contributed by atoms with Crippen molar-refractivity contribution in [1.29, 1.82) is 0 Å². The van der Waals surface area contributed by atoms with E-state index in [1.165, 1.54) is 6.07 Å². The van der Waals surface area contributed by atoms with Crippen LogP contribution in [0.25, 0.3) is 0 Å². The first-order valence-corrected chi connectivity index (χ1v) is 10.2. The molecule has 1 aromatic rings. The van der Waals surface area contributed by atoms with Crippen LogP contribution < -0.4 is 0 Å². The minimum atomic E-state index is -3.91. The van der Waals surface area contributed by atoms with Crippen LogP contribution in [-0.4, -0.2) is 45.2 Å². The first kappa shape index (κ1) is 17.3. The minimum absolute atomic E-state index is 0.0250. The van der Waals surface area contributed by atoms with Gasteiger partial charge in [0.15, 0.2) is 9.84 Å². The normalized spacial score (nSPS) is 20.9. The van der Waals surface area contributed by atoms with Gasteiger partial charge in [0.05, 0.1) is 22.9 Å². The van der Waals surface area contributed by atoms with Gasteiger partial charge in [-0.2, -0.15) is 4.31 Å². The number of hydrogen-bond donors (Lipinski definition) is 0. The summed E-state index contributed by atoms with van der Waals surface area (Å²) in [6.45, 7) is 1.43. The van der Waals surface area contributed by atoms with E-state index in [4.69, 9.17) is 18.0 Å². The van der Waals surface area contributed by atoms with Crippen LogP contribution >= 0.6 is 11.6 Å². The zero-order valence-electron chi connectivity index (χ0n) is 12.0. The fourth-order valence-electron chi connectivity index (χ4n) is 2.50. The monoisotopic (exact) mass is 361 g/mol. The molecule has 0 aromatic heterocycles. The number of rotatable bonds is 4. The zero-order chi connectivity index (χ0) is 16.5. The van der Waals surface area contributed by atoms with Crippen LogP contribution in [0.1, 0.15) is 12.0 Å². The molecule has 1 atom stereocenters. The second-order valence-corrected chi connectivity index (χ2v) is 9.67. The van der Waals surface area contributed by atoms with Gasteiger partial charge >= 0.3 is 0 Å². The Labute approximate surface area is 136 Å². The highest BCUT2D eigenvalue weighted by Crippen LogP contribution is 2.29. The smallest absolute Gasteiger partial charge is 0.229 e. The summed E-state index contributed by atoms with van der Waals surface area (Å²) in [6, 6.07) is 3.96. The Morgan fingerprint density at radius 2 is 2.14 bits per heavy atom. The molecule has 0 saturated carbocycles. The summed E-state index contributed by atoms with van der Waals surface area (Å²) < 4.78 is 50.1. The van der Waals surface area contributed by atoms with Crippen LogP contribution in [0, 0.1) is 19.3 Å². The fraction of sp³-hybridized carbons (Fsp3) is 0.429. The van der Waals surface area contributed by atoms with Gasteiger partial charge in [-0.05, 0) is 31.0 Å². The molecule has 1 aromatic carbocycles. The molecule has 2 rings (SSSR count). The molecule has 1 saturated heterocycles. The average Bonchev–Trinajstić information content (AvgIpc) is 2.78. The van der Waals surface area contributed by atoms with Gasteiger partial charge in [-0.15, -0.1) is 6.42 Å². The maximum absolute atomic E-state index is 12.9. The topological polar surface area (TPSA) is 71.5 Å². The third kappa shape index (κ3) is 3.30. The van der Waals surface area contributed by atoms with E-state index in [-0.39, 0.29) is 29.4 Å². The van der Waals surface area contributed by atoms with E-state index in [2.05, 4.69) is 5.92 Å². The largest absolute Gasteiger partial charge is 0.244 e. The van der Waals surface area contributed by atoms with Crippen LogP contribution in [-0.2, 0) is 19.9 Å². The van der Waals surface area contributed by atoms with E-state index >= 15 is 0 Å². The van der Waals surface area contributed by atoms with Gasteiger partial charge in [-0.3, -0.25) is 0 Å². The summed E-state index contributed by atoms with van der Waals surface area (Å²) in [5, 5.41) is 0.334. The van der Waals surface area contributed by atoms with Crippen LogP contribution in [0.4, 0.5) is 0 Å². The lowest BCUT2D eigenvalue weighted by Gasteiger charge is -2.26. The molecule has 1 fully saturated rings. The van der Waals surface area contributed by atoms with Crippen LogP contribution in [0.3, 0.4) is 0 Å². The van der Waals surface area contributed by atoms with Crippen molar-refractivity contribution >= 4 is 31.5 Å². The summed E-state index contributed by atoms with van der Waals surface area (Å²) in [6.07, 6.45) is 5.53. The average molecular weight is 362 g/mol. The molecule has 1 aliphatic heterocycles. The van der Waals surface area contributed by atoms with Crippen LogP contribution in [0.2, 0.25) is 5.02 Å². The number of terminal acetylenes is 1. The molecule has 120 valence electrons. The maximum atomic E-state index is 12.9. The molecule has 0 N–H and O–H groups in total. The van der Waals surface area contributed by atoms with Gasteiger partial charge < -0.3 is 0 Å². The number of benzene rings is 1. The number of hydrogen-bond acceptors (Lipinski definition) is 4. The van der Waals surface area contributed by atoms with E-state index in [0.717, 1.165) is 4.31 Å². The quantitative estimate of drug-likeness (QED) is 0.761. The summed E-state index contributed by atoms with van der Waals surface area (Å²) in [5.41, 5.74) is 0.423. The Kier molecular flexibility index (Phi) is 4.87. The molecular weight excluding hydrogens is 346 g/mol. The van der Waals surface area contributed by atoms with Crippen molar-refractivity contribution in [2.24, 2.45) is 0 Å². The van der Waals surface area contributed by atoms with E-state index in [9.17, 15) is 16.8 Å². The fourth-order valence-corrected chi connectivity index (χ4v) is 6.37. The first-order chi connectivity index (χ1) is 10.2. The van der Waals surface area contributed by atoms with Crippen molar-refractivity contribution in [3.8, 4) is 12.3 Å². The van der Waals surface area contributed by atoms with Gasteiger partial charge in [-0.25, -0.2) is 16.8 Å². The Balaban J connectivity index is 2.48. The predicted molar refractivity (Wildman–Crippen MR) is 86.0 cm³/mol. The molecule has 0 bridgehead atoms. The number of sulfonamides is 1. The third-order valence-corrected chi connectivity index (χ3v) is 7.87. The minimum Gasteiger partial charge on any atom is -0.229 e. The van der Waals surface area contributed by atoms with Gasteiger partial charge in [0, 0.05) is 11.1 Å². The lowest BCUT2D eigenvalue weighted by molar-refractivity contribution is 0.371. The Bertz CT molecular complexity index is 825. The molecule has 1 unspecified atom stereocenters. The van der Waals surface area contributed by atoms with Gasteiger partial charge in [0.25, 0.3) is 0 Å². The van der Waals surface area contributed by atoms with E-state index in [0.29, 0.717) is 10.6 Å². The maximum Gasteiger partial charge on any atom is 0.244 e. The van der Waals surface area contributed by atoms with Crippen molar-refractivity contribution in [3.05, 3.63) is 28.8 Å². The number of halogens is 1. The molecule has 0 radical (unpaired) electrons. The second kappa shape index (κ2) is 6.20. The van der Waals surface area contributed by atoms with E-state index < -0.39 is 25.9 Å². The van der Waals surface area contributed by atoms with Crippen LogP contribution in [0.5, 0.6) is 0 Å². The Morgan fingerprint density at radius 3 is 2.68 bits per heavy atom. The van der Waals surface area contributed by atoms with Crippen molar-refractivity contribution in [3.63, 3.8) is 0 Å². The van der Waals surface area contributed by atoms with Gasteiger partial charge in [-0.1, -0.05) is 23.6 Å². The summed E-state index contributed by atoms with van der Waals surface area (Å²) >= 11 is 5.99. The highest BCUT2D eigenvalue weighted by Gasteiger charge is 2.39. The summed E-state index contributed by atoms with van der Waals surface area (Å²) in [7, 11) is -7.13. The zero-order valence-corrected chi connectivity index (χ0v) is 14.4. The standard InChI is InChI=1S/C14H16ClNO4S2/c1-3-8-16(12-7-9-21(17,18)10-12)22(19,20)14-6-4-5-13(15)11(14)2/h1,4-6,12H,7-10H2,2H3. The van der Waals surface area contributed by atoms with Crippen molar-refractivity contribution in [2.45, 2.75) is 24.3 Å². The number of nitrogens with zero attached hydrogens (tertiary/aromatic N) is 1. The molecule has 0 spiro atoms. The molecule has 8 heteroatoms. The summed E-state index contributed by atoms with van der Waals surface area (Å²) in [4.78, 5) is 0.0551. The Morgan fingerprint density at radius 1 is 1.45 bits per heavy atom. The molecule has 0 amide bonds. The lowest BCUT2D eigenvalue weighted by atomic mass is 10.2. The number of sulfone groups is 1. The van der Waals surface area contributed by atoms with Gasteiger partial charge in [0.2, 0.25) is 10.0 Å². The van der Waals surface area contributed by atoms with E-state index in [1.54, 1.807) is 19.1 Å². The highest BCUT2D eigenvalue weighted by molar-refractivity contribution is 7.92. The van der Waals surface area contributed by atoms with E-state index in [1.807, 2.05) is 0 Å². The molecule has 5 nitrogen and oxygen atoms in total. The lowest BCUT2D eigenvalue weighted by Crippen LogP contribution is -2.41. The van der Waals surface area contributed by atoms with Crippen molar-refractivity contribution in [2.75, 3.05) is 18.1 Å². The second-order valence-electron chi connectivity index (χ2n) is 5.17. The molecule has 1 heterocycles. The van der Waals surface area contributed by atoms with Crippen LogP contribution in [0.15, 0.2) is 23.1 Å². The predicted octanol–water partition coefficient (Wildman–Crippen LogP) is 1.46. The molecule has 1 aliphatic rings. The molecule has 0 aliphatic carbocycles. The third-order valence-electron chi connectivity index (χ3n) is 3.67. The molecule has 22 heavy (non-hydrogen) atoms. The Hall–Kier alpha value is -1.07. The van der Waals surface area contributed by atoms with Crippen molar-refractivity contribution < 1.29 is 16.8 Å². The summed E-state index contributed by atoms with van der Waals surface area (Å²) in [5.74, 6) is 2.08.